The van der Waals surface area contributed by atoms with Gasteiger partial charge in [0.2, 0.25) is 0 Å². The lowest BCUT2D eigenvalue weighted by Gasteiger charge is -2.25. The molecular formula is C15H20N2O2. The molecule has 2 unspecified atom stereocenters. The van der Waals surface area contributed by atoms with Gasteiger partial charge in [0.25, 0.3) is 0 Å². The Morgan fingerprint density at radius 3 is 2.79 bits per heavy atom. The van der Waals surface area contributed by atoms with Crippen LogP contribution < -0.4 is 5.32 Å². The zero-order valence-corrected chi connectivity index (χ0v) is 11.6. The molecule has 0 aromatic heterocycles. The normalized spacial score (nSPS) is 24.7. The van der Waals surface area contributed by atoms with E-state index in [0.29, 0.717) is 18.5 Å². The van der Waals surface area contributed by atoms with Gasteiger partial charge >= 0.3 is 6.09 Å². The number of hydrogen-bond acceptors (Lipinski definition) is 3. The Morgan fingerprint density at radius 1 is 1.32 bits per heavy atom. The van der Waals surface area contributed by atoms with Crippen LogP contribution in [-0.2, 0) is 4.74 Å². The maximum atomic E-state index is 12.1. The first-order valence-electron chi connectivity index (χ1n) is 6.77. The van der Waals surface area contributed by atoms with E-state index in [-0.39, 0.29) is 6.09 Å². The number of rotatable bonds is 0. The summed E-state index contributed by atoms with van der Waals surface area (Å²) in [4.78, 5) is 13.9. The van der Waals surface area contributed by atoms with E-state index >= 15 is 0 Å². The number of anilines is 1. The van der Waals surface area contributed by atoms with E-state index in [1.54, 1.807) is 0 Å². The monoisotopic (exact) mass is 260 g/mol. The summed E-state index contributed by atoms with van der Waals surface area (Å²) >= 11 is 0. The van der Waals surface area contributed by atoms with Crippen LogP contribution in [0.5, 0.6) is 0 Å². The molecule has 0 saturated carbocycles. The molecule has 4 heteroatoms. The van der Waals surface area contributed by atoms with Crippen molar-refractivity contribution in [3.8, 4) is 0 Å². The molecule has 1 fully saturated rings. The number of likely N-dealkylation sites (tertiary alicyclic amines) is 1. The summed E-state index contributed by atoms with van der Waals surface area (Å²) < 4.78 is 5.43. The van der Waals surface area contributed by atoms with Crippen LogP contribution in [0, 0.1) is 0 Å². The zero-order chi connectivity index (χ0) is 13.6. The van der Waals surface area contributed by atoms with Crippen molar-refractivity contribution in [1.82, 2.24) is 4.90 Å². The van der Waals surface area contributed by atoms with Crippen molar-refractivity contribution < 1.29 is 9.53 Å². The number of amides is 1. The van der Waals surface area contributed by atoms with E-state index in [4.69, 9.17) is 4.74 Å². The summed E-state index contributed by atoms with van der Waals surface area (Å²) in [7, 11) is 0. The number of carbonyl (C=O) groups is 1. The second kappa shape index (κ2) is 4.15. The van der Waals surface area contributed by atoms with Gasteiger partial charge in [0.15, 0.2) is 0 Å². The maximum absolute atomic E-state index is 12.1. The molecule has 3 rings (SSSR count). The summed E-state index contributed by atoms with van der Waals surface area (Å²) in [6.45, 7) is 7.15. The SMILES string of the molecule is CC(C)(C)OC(=O)N1CC2Nc3ccccc3C2C1. The summed E-state index contributed by atoms with van der Waals surface area (Å²) in [5, 5.41) is 3.49. The van der Waals surface area contributed by atoms with Gasteiger partial charge in [0.05, 0.1) is 6.04 Å². The molecule has 1 aromatic carbocycles. The first kappa shape index (κ1) is 12.3. The molecule has 2 atom stereocenters. The average molecular weight is 260 g/mol. The molecule has 4 nitrogen and oxygen atoms in total. The van der Waals surface area contributed by atoms with E-state index < -0.39 is 5.60 Å². The van der Waals surface area contributed by atoms with Crippen LogP contribution in [0.1, 0.15) is 32.3 Å². The lowest BCUT2D eigenvalue weighted by atomic mass is 9.98. The maximum Gasteiger partial charge on any atom is 0.410 e. The Hall–Kier alpha value is -1.71. The van der Waals surface area contributed by atoms with Crippen LogP contribution >= 0.6 is 0 Å². The molecule has 1 aromatic rings. The highest BCUT2D eigenvalue weighted by atomic mass is 16.6. The summed E-state index contributed by atoms with van der Waals surface area (Å²) in [5.74, 6) is 0.392. The number of carbonyl (C=O) groups excluding carboxylic acids is 1. The van der Waals surface area contributed by atoms with Gasteiger partial charge < -0.3 is 15.0 Å². The highest BCUT2D eigenvalue weighted by Gasteiger charge is 2.42. The minimum atomic E-state index is -0.430. The van der Waals surface area contributed by atoms with Crippen molar-refractivity contribution in [3.63, 3.8) is 0 Å². The fraction of sp³-hybridized carbons (Fsp3) is 0.533. The van der Waals surface area contributed by atoms with Crippen molar-refractivity contribution in [3.05, 3.63) is 29.8 Å². The molecular weight excluding hydrogens is 240 g/mol. The Bertz CT molecular complexity index is 507. The second-order valence-electron chi connectivity index (χ2n) is 6.33. The lowest BCUT2D eigenvalue weighted by molar-refractivity contribution is 0.0291. The minimum absolute atomic E-state index is 0.207. The number of fused-ring (bicyclic) bond motifs is 3. The predicted octanol–water partition coefficient (Wildman–Crippen LogP) is 2.82. The fourth-order valence-corrected chi connectivity index (χ4v) is 2.89. The van der Waals surface area contributed by atoms with Crippen molar-refractivity contribution >= 4 is 11.8 Å². The fourth-order valence-electron chi connectivity index (χ4n) is 2.89. The third-order valence-corrected chi connectivity index (χ3v) is 3.67. The van der Waals surface area contributed by atoms with Crippen LogP contribution in [0.2, 0.25) is 0 Å². The molecule has 2 aliphatic heterocycles. The molecule has 2 heterocycles. The number of nitrogens with one attached hydrogen (secondary N) is 1. The number of para-hydroxylation sites is 1. The largest absolute Gasteiger partial charge is 0.444 e. The van der Waals surface area contributed by atoms with Crippen molar-refractivity contribution in [2.75, 3.05) is 18.4 Å². The summed E-state index contributed by atoms with van der Waals surface area (Å²) in [6.07, 6.45) is -0.207. The molecule has 1 amide bonds. The molecule has 102 valence electrons. The quantitative estimate of drug-likeness (QED) is 0.780. The van der Waals surface area contributed by atoms with E-state index in [2.05, 4.69) is 23.5 Å². The van der Waals surface area contributed by atoms with E-state index in [9.17, 15) is 4.79 Å². The first-order valence-corrected chi connectivity index (χ1v) is 6.77. The third kappa shape index (κ3) is 2.27. The highest BCUT2D eigenvalue weighted by Crippen LogP contribution is 2.40. The zero-order valence-electron chi connectivity index (χ0n) is 11.6. The van der Waals surface area contributed by atoms with Gasteiger partial charge in [-0.3, -0.25) is 0 Å². The topological polar surface area (TPSA) is 41.6 Å². The average Bonchev–Trinajstić information content (AvgIpc) is 2.83. The van der Waals surface area contributed by atoms with Gasteiger partial charge in [0, 0.05) is 24.7 Å². The Labute approximate surface area is 113 Å². The smallest absolute Gasteiger partial charge is 0.410 e. The Balaban J connectivity index is 1.72. The van der Waals surface area contributed by atoms with E-state index in [1.807, 2.05) is 31.7 Å². The van der Waals surface area contributed by atoms with E-state index in [1.165, 1.54) is 11.3 Å². The number of ether oxygens (including phenoxy) is 1. The molecule has 0 bridgehead atoms. The molecule has 0 aliphatic carbocycles. The van der Waals surface area contributed by atoms with Gasteiger partial charge in [0.1, 0.15) is 5.60 Å². The Kier molecular flexibility index (Phi) is 2.69. The minimum Gasteiger partial charge on any atom is -0.444 e. The lowest BCUT2D eigenvalue weighted by Crippen LogP contribution is -2.36. The van der Waals surface area contributed by atoms with Crippen LogP contribution in [0.3, 0.4) is 0 Å². The van der Waals surface area contributed by atoms with Gasteiger partial charge in [-0.1, -0.05) is 18.2 Å². The molecule has 19 heavy (non-hydrogen) atoms. The van der Waals surface area contributed by atoms with Crippen LogP contribution in [-0.4, -0.2) is 35.7 Å². The number of hydrogen-bond donors (Lipinski definition) is 1. The first-order chi connectivity index (χ1) is 8.94. The predicted molar refractivity (Wildman–Crippen MR) is 74.4 cm³/mol. The van der Waals surface area contributed by atoms with Crippen molar-refractivity contribution in [2.45, 2.75) is 38.3 Å². The summed E-state index contributed by atoms with van der Waals surface area (Å²) in [6, 6.07) is 8.67. The molecule has 2 aliphatic rings. The number of benzene rings is 1. The molecule has 0 radical (unpaired) electrons. The molecule has 1 saturated heterocycles. The van der Waals surface area contributed by atoms with Crippen molar-refractivity contribution in [1.29, 1.82) is 0 Å². The highest BCUT2D eigenvalue weighted by molar-refractivity contribution is 5.70. The third-order valence-electron chi connectivity index (χ3n) is 3.67. The van der Waals surface area contributed by atoms with Crippen LogP contribution in [0.15, 0.2) is 24.3 Å². The van der Waals surface area contributed by atoms with Crippen LogP contribution in [0.25, 0.3) is 0 Å². The Morgan fingerprint density at radius 2 is 2.05 bits per heavy atom. The van der Waals surface area contributed by atoms with Crippen molar-refractivity contribution in [2.24, 2.45) is 0 Å². The van der Waals surface area contributed by atoms with Gasteiger partial charge in [-0.25, -0.2) is 4.79 Å². The standard InChI is InChI=1S/C15H20N2O2/c1-15(2,3)19-14(18)17-8-11-10-6-4-5-7-12(10)16-13(11)9-17/h4-7,11,13,16H,8-9H2,1-3H3. The number of nitrogens with zero attached hydrogens (tertiary/aromatic N) is 1. The van der Waals surface area contributed by atoms with Gasteiger partial charge in [-0.05, 0) is 32.4 Å². The molecule has 1 N–H and O–H groups in total. The molecule has 0 spiro atoms. The second-order valence-corrected chi connectivity index (χ2v) is 6.33. The van der Waals surface area contributed by atoms with Gasteiger partial charge in [-0.15, -0.1) is 0 Å². The van der Waals surface area contributed by atoms with E-state index in [0.717, 1.165) is 6.54 Å². The summed E-state index contributed by atoms with van der Waals surface area (Å²) in [5.41, 5.74) is 2.10. The van der Waals surface area contributed by atoms with Crippen LogP contribution in [0.4, 0.5) is 10.5 Å². The van der Waals surface area contributed by atoms with Gasteiger partial charge in [-0.2, -0.15) is 0 Å².